The van der Waals surface area contributed by atoms with Gasteiger partial charge in [0.15, 0.2) is 0 Å². The number of piperidine rings is 1. The minimum atomic E-state index is -3.44. The Morgan fingerprint density at radius 3 is 2.31 bits per heavy atom. The van der Waals surface area contributed by atoms with E-state index in [-0.39, 0.29) is 24.7 Å². The van der Waals surface area contributed by atoms with Gasteiger partial charge in [-0.3, -0.25) is 4.79 Å². The summed E-state index contributed by atoms with van der Waals surface area (Å²) < 4.78 is 24.7. The molecular formula is C9H17NO5S. The minimum absolute atomic E-state index is 0.0863. The Morgan fingerprint density at radius 2 is 1.88 bits per heavy atom. The van der Waals surface area contributed by atoms with E-state index in [1.807, 2.05) is 0 Å². The fourth-order valence-electron chi connectivity index (χ4n) is 1.72. The number of hydrogen-bond acceptors (Lipinski definition) is 4. The zero-order valence-electron chi connectivity index (χ0n) is 9.00. The Kier molecular flexibility index (Phi) is 4.69. The van der Waals surface area contributed by atoms with Crippen molar-refractivity contribution in [1.29, 1.82) is 0 Å². The van der Waals surface area contributed by atoms with Crippen molar-refractivity contribution in [2.45, 2.75) is 19.3 Å². The van der Waals surface area contributed by atoms with Crippen LogP contribution >= 0.6 is 0 Å². The molecule has 0 aromatic heterocycles. The first-order valence-electron chi connectivity index (χ1n) is 5.26. The maximum atomic E-state index is 11.7. The molecule has 0 radical (unpaired) electrons. The lowest BCUT2D eigenvalue weighted by molar-refractivity contribution is -0.136. The summed E-state index contributed by atoms with van der Waals surface area (Å²) in [5.74, 6) is -1.27. The largest absolute Gasteiger partial charge is 0.481 e. The smallest absolute Gasteiger partial charge is 0.304 e. The normalized spacial score (nSPS) is 19.8. The van der Waals surface area contributed by atoms with E-state index < -0.39 is 16.0 Å². The molecule has 0 aromatic rings. The average Bonchev–Trinajstić information content (AvgIpc) is 2.27. The summed E-state index contributed by atoms with van der Waals surface area (Å²) in [5, 5.41) is 17.3. The van der Waals surface area contributed by atoms with Crippen LogP contribution in [0, 0.1) is 5.92 Å². The highest BCUT2D eigenvalue weighted by Crippen LogP contribution is 2.19. The molecule has 7 heteroatoms. The number of rotatable bonds is 5. The average molecular weight is 251 g/mol. The van der Waals surface area contributed by atoms with Crippen molar-refractivity contribution in [2.75, 3.05) is 25.4 Å². The second-order valence-electron chi connectivity index (χ2n) is 3.98. The monoisotopic (exact) mass is 251 g/mol. The van der Waals surface area contributed by atoms with Gasteiger partial charge in [0.05, 0.1) is 12.2 Å². The summed E-state index contributed by atoms with van der Waals surface area (Å²) in [7, 11) is -3.44. The van der Waals surface area contributed by atoms with Crippen LogP contribution in [0.5, 0.6) is 0 Å². The van der Waals surface area contributed by atoms with Gasteiger partial charge < -0.3 is 10.2 Å². The highest BCUT2D eigenvalue weighted by Gasteiger charge is 2.27. The first-order valence-corrected chi connectivity index (χ1v) is 6.87. The Labute approximate surface area is 94.9 Å². The van der Waals surface area contributed by atoms with Crippen LogP contribution in [0.3, 0.4) is 0 Å². The van der Waals surface area contributed by atoms with Crippen LogP contribution < -0.4 is 0 Å². The van der Waals surface area contributed by atoms with E-state index in [0.29, 0.717) is 25.9 Å². The number of carbonyl (C=O) groups is 1. The molecule has 6 nitrogen and oxygen atoms in total. The van der Waals surface area contributed by atoms with Crippen molar-refractivity contribution in [3.8, 4) is 0 Å². The molecule has 1 saturated heterocycles. The summed E-state index contributed by atoms with van der Waals surface area (Å²) in [5.41, 5.74) is 0. The van der Waals surface area contributed by atoms with Gasteiger partial charge in [0, 0.05) is 19.7 Å². The maximum Gasteiger partial charge on any atom is 0.304 e. The summed E-state index contributed by atoms with van der Waals surface area (Å²) >= 11 is 0. The Hall–Kier alpha value is -0.660. The number of hydrogen-bond donors (Lipinski definition) is 2. The van der Waals surface area contributed by atoms with Gasteiger partial charge in [-0.1, -0.05) is 0 Å². The third-order valence-electron chi connectivity index (χ3n) is 2.80. The predicted molar refractivity (Wildman–Crippen MR) is 57.4 cm³/mol. The molecule has 94 valence electrons. The van der Waals surface area contributed by atoms with E-state index in [9.17, 15) is 13.2 Å². The lowest BCUT2D eigenvalue weighted by Gasteiger charge is -2.30. The molecule has 1 aliphatic heterocycles. The maximum absolute atomic E-state index is 11.7. The van der Waals surface area contributed by atoms with Gasteiger partial charge in [0.25, 0.3) is 0 Å². The molecule has 0 amide bonds. The number of nitrogens with zero attached hydrogens (tertiary/aromatic N) is 1. The van der Waals surface area contributed by atoms with Gasteiger partial charge in [0.2, 0.25) is 10.0 Å². The van der Waals surface area contributed by atoms with Gasteiger partial charge in [0.1, 0.15) is 0 Å². The SMILES string of the molecule is O=C(O)CCS(=O)(=O)N1CCC(CO)CC1. The molecule has 0 spiro atoms. The van der Waals surface area contributed by atoms with Crippen LogP contribution in [-0.4, -0.2) is 54.4 Å². The van der Waals surface area contributed by atoms with Gasteiger partial charge >= 0.3 is 5.97 Å². The molecule has 2 N–H and O–H groups in total. The summed E-state index contributed by atoms with van der Waals surface area (Å²) in [6, 6.07) is 0. The van der Waals surface area contributed by atoms with Crippen molar-refractivity contribution in [3.63, 3.8) is 0 Å². The third-order valence-corrected chi connectivity index (χ3v) is 4.67. The molecule has 0 bridgehead atoms. The van der Waals surface area contributed by atoms with Gasteiger partial charge in [-0.25, -0.2) is 12.7 Å². The van der Waals surface area contributed by atoms with E-state index >= 15 is 0 Å². The lowest BCUT2D eigenvalue weighted by Crippen LogP contribution is -2.40. The quantitative estimate of drug-likeness (QED) is 0.686. The molecule has 0 aromatic carbocycles. The zero-order chi connectivity index (χ0) is 12.2. The highest BCUT2D eigenvalue weighted by atomic mass is 32.2. The molecule has 16 heavy (non-hydrogen) atoms. The fraction of sp³-hybridized carbons (Fsp3) is 0.889. The van der Waals surface area contributed by atoms with Gasteiger partial charge in [-0.05, 0) is 18.8 Å². The van der Waals surface area contributed by atoms with Crippen LogP contribution in [-0.2, 0) is 14.8 Å². The Balaban J connectivity index is 2.48. The van der Waals surface area contributed by atoms with E-state index in [1.165, 1.54) is 4.31 Å². The molecule has 1 aliphatic rings. The number of aliphatic hydroxyl groups excluding tert-OH is 1. The van der Waals surface area contributed by atoms with Crippen LogP contribution in [0.15, 0.2) is 0 Å². The van der Waals surface area contributed by atoms with E-state index in [0.717, 1.165) is 0 Å². The van der Waals surface area contributed by atoms with Crippen molar-refractivity contribution in [3.05, 3.63) is 0 Å². The lowest BCUT2D eigenvalue weighted by atomic mass is 10.00. The number of aliphatic carboxylic acids is 1. The first kappa shape index (κ1) is 13.4. The summed E-state index contributed by atoms with van der Waals surface area (Å²) in [4.78, 5) is 10.3. The van der Waals surface area contributed by atoms with Crippen molar-refractivity contribution < 1.29 is 23.4 Å². The number of aliphatic hydroxyl groups is 1. The topological polar surface area (TPSA) is 94.9 Å². The molecule has 1 fully saturated rings. The fourth-order valence-corrected chi connectivity index (χ4v) is 3.17. The Bertz CT molecular complexity index is 332. The number of sulfonamides is 1. The molecular weight excluding hydrogens is 234 g/mol. The summed E-state index contributed by atoms with van der Waals surface area (Å²) in [6.45, 7) is 0.851. The molecule has 1 heterocycles. The minimum Gasteiger partial charge on any atom is -0.481 e. The van der Waals surface area contributed by atoms with E-state index in [4.69, 9.17) is 10.2 Å². The predicted octanol–water partition coefficient (Wildman–Crippen LogP) is -0.505. The van der Waals surface area contributed by atoms with Crippen LogP contribution in [0.2, 0.25) is 0 Å². The van der Waals surface area contributed by atoms with Crippen molar-refractivity contribution in [1.82, 2.24) is 4.31 Å². The van der Waals surface area contributed by atoms with Gasteiger partial charge in [-0.2, -0.15) is 0 Å². The van der Waals surface area contributed by atoms with E-state index in [2.05, 4.69) is 0 Å². The van der Waals surface area contributed by atoms with Crippen LogP contribution in [0.25, 0.3) is 0 Å². The van der Waals surface area contributed by atoms with Crippen molar-refractivity contribution in [2.24, 2.45) is 5.92 Å². The Morgan fingerprint density at radius 1 is 1.31 bits per heavy atom. The van der Waals surface area contributed by atoms with Crippen LogP contribution in [0.1, 0.15) is 19.3 Å². The molecule has 0 aliphatic carbocycles. The second-order valence-corrected chi connectivity index (χ2v) is 6.07. The standard InChI is InChI=1S/C9H17NO5S/c11-7-8-1-4-10(5-2-8)16(14,15)6-3-9(12)13/h8,11H,1-7H2,(H,12,13). The van der Waals surface area contributed by atoms with E-state index in [1.54, 1.807) is 0 Å². The molecule has 0 atom stereocenters. The number of carboxylic acids is 1. The number of carboxylic acid groups (broad SMARTS) is 1. The van der Waals surface area contributed by atoms with Crippen LogP contribution in [0.4, 0.5) is 0 Å². The first-order chi connectivity index (χ1) is 7.45. The van der Waals surface area contributed by atoms with Gasteiger partial charge in [-0.15, -0.1) is 0 Å². The molecule has 0 saturated carbocycles. The summed E-state index contributed by atoms with van der Waals surface area (Å²) in [6.07, 6.45) is 0.924. The molecule has 0 unspecified atom stereocenters. The molecule has 1 rings (SSSR count). The van der Waals surface area contributed by atoms with Crippen molar-refractivity contribution >= 4 is 16.0 Å². The highest BCUT2D eigenvalue weighted by molar-refractivity contribution is 7.89. The third kappa shape index (κ3) is 3.73. The second kappa shape index (κ2) is 5.60. The zero-order valence-corrected chi connectivity index (χ0v) is 9.82.